The number of rotatable bonds is 2. The van der Waals surface area contributed by atoms with Crippen LogP contribution in [0.15, 0.2) is 48.8 Å². The number of aromatic nitrogens is 1. The first-order chi connectivity index (χ1) is 11.6. The van der Waals surface area contributed by atoms with E-state index in [4.69, 9.17) is 12.2 Å². The van der Waals surface area contributed by atoms with Crippen LogP contribution in [0.5, 0.6) is 0 Å². The van der Waals surface area contributed by atoms with Gasteiger partial charge in [-0.15, -0.1) is 0 Å². The van der Waals surface area contributed by atoms with Crippen LogP contribution in [0.2, 0.25) is 0 Å². The molecule has 1 aliphatic heterocycles. The summed E-state index contributed by atoms with van der Waals surface area (Å²) in [6.07, 6.45) is 5.88. The number of pyridine rings is 1. The molecule has 1 N–H and O–H groups in total. The van der Waals surface area contributed by atoms with E-state index in [1.165, 1.54) is 5.56 Å². The summed E-state index contributed by atoms with van der Waals surface area (Å²) in [6, 6.07) is 11.6. The molecular weight excluding hydrogens is 433 g/mol. The third-order valence-electron chi connectivity index (χ3n) is 4.20. The zero-order chi connectivity index (χ0) is 16.9. The Morgan fingerprint density at radius 1 is 1.29 bits per heavy atom. The Morgan fingerprint density at radius 3 is 2.88 bits per heavy atom. The van der Waals surface area contributed by atoms with Crippen LogP contribution in [0.25, 0.3) is 0 Å². The van der Waals surface area contributed by atoms with Gasteiger partial charge in [0.05, 0.1) is 5.56 Å². The molecule has 3 rings (SSSR count). The molecule has 1 aliphatic rings. The minimum atomic E-state index is -0.145. The number of hydrogen-bond donors (Lipinski definition) is 1. The summed E-state index contributed by atoms with van der Waals surface area (Å²) in [4.78, 5) is 18.7. The number of carbonyl (C=O) groups is 1. The van der Waals surface area contributed by atoms with E-state index < -0.39 is 0 Å². The van der Waals surface area contributed by atoms with Crippen molar-refractivity contribution >= 4 is 45.8 Å². The average molecular weight is 451 g/mol. The van der Waals surface area contributed by atoms with Crippen molar-refractivity contribution in [3.8, 4) is 0 Å². The number of halogens is 1. The molecule has 0 bridgehead atoms. The fourth-order valence-corrected chi connectivity index (χ4v) is 3.83. The van der Waals surface area contributed by atoms with E-state index in [0.29, 0.717) is 16.6 Å². The standard InChI is InChI=1S/C18H18IN3OS/c19-16-8-2-1-7-15(16)17(23)21-18(24)22-10-4-6-14(12-22)13-5-3-9-20-11-13/h1-3,5,7-9,11,14H,4,6,10,12H2,(H,21,23,24)/t14-/m1/s1. The Balaban J connectivity index is 1.65. The van der Waals surface area contributed by atoms with E-state index in [1.807, 2.05) is 36.5 Å². The first-order valence-electron chi connectivity index (χ1n) is 7.90. The van der Waals surface area contributed by atoms with Crippen molar-refractivity contribution < 1.29 is 4.79 Å². The molecule has 2 heterocycles. The molecule has 4 nitrogen and oxygen atoms in total. The molecule has 1 aromatic heterocycles. The SMILES string of the molecule is O=C(NC(=S)N1CCC[C@@H](c2cccnc2)C1)c1ccccc1I. The molecule has 0 radical (unpaired) electrons. The fraction of sp³-hybridized carbons (Fsp3) is 0.278. The Kier molecular flexibility index (Phi) is 5.78. The van der Waals surface area contributed by atoms with Crippen molar-refractivity contribution in [1.29, 1.82) is 0 Å². The highest BCUT2D eigenvalue weighted by Crippen LogP contribution is 2.26. The lowest BCUT2D eigenvalue weighted by Crippen LogP contribution is -2.46. The normalized spacial score (nSPS) is 17.4. The Hall–Kier alpha value is -1.54. The zero-order valence-corrected chi connectivity index (χ0v) is 16.1. The topological polar surface area (TPSA) is 45.2 Å². The lowest BCUT2D eigenvalue weighted by atomic mass is 9.92. The van der Waals surface area contributed by atoms with Crippen LogP contribution in [0, 0.1) is 3.57 Å². The summed E-state index contributed by atoms with van der Waals surface area (Å²) in [6.45, 7) is 1.69. The molecule has 0 unspecified atom stereocenters. The van der Waals surface area contributed by atoms with Gasteiger partial charge in [-0.05, 0) is 71.4 Å². The number of likely N-dealkylation sites (tertiary alicyclic amines) is 1. The van der Waals surface area contributed by atoms with Gasteiger partial charge in [-0.3, -0.25) is 15.1 Å². The van der Waals surface area contributed by atoms with Crippen molar-refractivity contribution in [1.82, 2.24) is 15.2 Å². The highest BCUT2D eigenvalue weighted by molar-refractivity contribution is 14.1. The molecule has 0 saturated carbocycles. The van der Waals surface area contributed by atoms with Crippen LogP contribution in [0.3, 0.4) is 0 Å². The van der Waals surface area contributed by atoms with E-state index in [2.05, 4.69) is 43.9 Å². The minimum Gasteiger partial charge on any atom is -0.348 e. The Bertz CT molecular complexity index is 738. The summed E-state index contributed by atoms with van der Waals surface area (Å²) in [5.74, 6) is 0.257. The van der Waals surface area contributed by atoms with Crippen LogP contribution in [0.4, 0.5) is 0 Å². The number of nitrogens with one attached hydrogen (secondary N) is 1. The molecule has 24 heavy (non-hydrogen) atoms. The van der Waals surface area contributed by atoms with Gasteiger partial charge in [0, 0.05) is 35.0 Å². The predicted octanol–water partition coefficient (Wildman–Crippen LogP) is 3.58. The van der Waals surface area contributed by atoms with Gasteiger partial charge in [-0.1, -0.05) is 18.2 Å². The van der Waals surface area contributed by atoms with Gasteiger partial charge < -0.3 is 4.90 Å². The van der Waals surface area contributed by atoms with Gasteiger partial charge in [0.2, 0.25) is 0 Å². The number of carbonyl (C=O) groups excluding carboxylic acids is 1. The monoisotopic (exact) mass is 451 g/mol. The van der Waals surface area contributed by atoms with Crippen molar-refractivity contribution in [3.05, 3.63) is 63.5 Å². The summed E-state index contributed by atoms with van der Waals surface area (Å²) in [5.41, 5.74) is 1.88. The molecule has 2 aromatic rings. The molecule has 1 fully saturated rings. The average Bonchev–Trinajstić information content (AvgIpc) is 2.63. The van der Waals surface area contributed by atoms with Crippen LogP contribution >= 0.6 is 34.8 Å². The van der Waals surface area contributed by atoms with Gasteiger partial charge in [-0.25, -0.2) is 0 Å². The Labute approximate surface area is 160 Å². The molecule has 1 aromatic carbocycles. The van der Waals surface area contributed by atoms with Crippen molar-refractivity contribution in [2.45, 2.75) is 18.8 Å². The highest BCUT2D eigenvalue weighted by Gasteiger charge is 2.24. The number of hydrogen-bond acceptors (Lipinski definition) is 3. The first-order valence-corrected chi connectivity index (χ1v) is 9.38. The number of benzene rings is 1. The van der Waals surface area contributed by atoms with E-state index in [9.17, 15) is 4.79 Å². The van der Waals surface area contributed by atoms with Crippen LogP contribution < -0.4 is 5.32 Å². The lowest BCUT2D eigenvalue weighted by Gasteiger charge is -2.34. The van der Waals surface area contributed by atoms with Gasteiger partial charge in [0.25, 0.3) is 5.91 Å². The second kappa shape index (κ2) is 8.02. The molecule has 124 valence electrons. The maximum absolute atomic E-state index is 12.4. The first kappa shape index (κ1) is 17.3. The number of piperidine rings is 1. The number of thiocarbonyl (C=S) groups is 1. The van der Waals surface area contributed by atoms with Gasteiger partial charge in [-0.2, -0.15) is 0 Å². The second-order valence-electron chi connectivity index (χ2n) is 5.81. The van der Waals surface area contributed by atoms with Gasteiger partial charge >= 0.3 is 0 Å². The van der Waals surface area contributed by atoms with Gasteiger partial charge in [0.15, 0.2) is 5.11 Å². The summed E-state index contributed by atoms with van der Waals surface area (Å²) in [7, 11) is 0. The maximum Gasteiger partial charge on any atom is 0.258 e. The molecule has 6 heteroatoms. The summed E-state index contributed by atoms with van der Waals surface area (Å²) < 4.78 is 0.919. The summed E-state index contributed by atoms with van der Waals surface area (Å²) in [5, 5.41) is 3.38. The fourth-order valence-electron chi connectivity index (χ4n) is 2.94. The molecule has 1 amide bonds. The quantitative estimate of drug-likeness (QED) is 0.560. The predicted molar refractivity (Wildman–Crippen MR) is 107 cm³/mol. The van der Waals surface area contributed by atoms with Crippen LogP contribution in [-0.4, -0.2) is 34.0 Å². The molecule has 0 spiro atoms. The van der Waals surface area contributed by atoms with E-state index in [1.54, 1.807) is 6.20 Å². The third kappa shape index (κ3) is 4.10. The largest absolute Gasteiger partial charge is 0.348 e. The Morgan fingerprint density at radius 2 is 2.12 bits per heavy atom. The van der Waals surface area contributed by atoms with Crippen molar-refractivity contribution in [2.75, 3.05) is 13.1 Å². The molecular formula is C18H18IN3OS. The smallest absolute Gasteiger partial charge is 0.258 e. The minimum absolute atomic E-state index is 0.145. The summed E-state index contributed by atoms with van der Waals surface area (Å²) >= 11 is 7.64. The molecule has 0 aliphatic carbocycles. The van der Waals surface area contributed by atoms with Crippen molar-refractivity contribution in [2.24, 2.45) is 0 Å². The number of amides is 1. The molecule has 1 saturated heterocycles. The third-order valence-corrected chi connectivity index (χ3v) is 5.50. The van der Waals surface area contributed by atoms with Crippen LogP contribution in [0.1, 0.15) is 34.7 Å². The lowest BCUT2D eigenvalue weighted by molar-refractivity contribution is 0.0971. The van der Waals surface area contributed by atoms with E-state index in [-0.39, 0.29) is 5.91 Å². The number of nitrogens with zero attached hydrogens (tertiary/aromatic N) is 2. The van der Waals surface area contributed by atoms with Crippen molar-refractivity contribution in [3.63, 3.8) is 0 Å². The van der Waals surface area contributed by atoms with E-state index >= 15 is 0 Å². The second-order valence-corrected chi connectivity index (χ2v) is 7.36. The highest BCUT2D eigenvalue weighted by atomic mass is 127. The van der Waals surface area contributed by atoms with E-state index in [0.717, 1.165) is 29.5 Å². The van der Waals surface area contributed by atoms with Gasteiger partial charge in [0.1, 0.15) is 0 Å². The zero-order valence-electron chi connectivity index (χ0n) is 13.1. The maximum atomic E-state index is 12.4. The van der Waals surface area contributed by atoms with Crippen LogP contribution in [-0.2, 0) is 0 Å². The molecule has 1 atom stereocenters.